The first kappa shape index (κ1) is 32.7. The van der Waals surface area contributed by atoms with Crippen molar-refractivity contribution in [3.05, 3.63) is 83.8 Å². The highest BCUT2D eigenvalue weighted by atomic mass is 19.1. The molecule has 2 aromatic heterocycles. The highest BCUT2D eigenvalue weighted by Gasteiger charge is 2.37. The molecule has 1 fully saturated rings. The van der Waals surface area contributed by atoms with E-state index in [1.54, 1.807) is 6.07 Å². The monoisotopic (exact) mass is 642 g/mol. The maximum atomic E-state index is 14.4. The summed E-state index contributed by atoms with van der Waals surface area (Å²) in [5.41, 5.74) is 10.4. The molecule has 0 radical (unpaired) electrons. The summed E-state index contributed by atoms with van der Waals surface area (Å²) in [7, 11) is 0. The smallest absolute Gasteiger partial charge is 0.337 e. The van der Waals surface area contributed by atoms with Crippen LogP contribution in [0.5, 0.6) is 5.75 Å². The molecule has 0 aliphatic carbocycles. The summed E-state index contributed by atoms with van der Waals surface area (Å²) < 4.78 is 35.0. The zero-order valence-corrected chi connectivity index (χ0v) is 27.6. The normalized spacial score (nSPS) is 21.0. The van der Waals surface area contributed by atoms with Gasteiger partial charge in [-0.05, 0) is 82.9 Å². The number of carboxylic acids is 1. The molecule has 2 atom stereocenters. The van der Waals surface area contributed by atoms with E-state index in [1.165, 1.54) is 12.1 Å². The van der Waals surface area contributed by atoms with E-state index in [1.807, 2.05) is 80.8 Å². The lowest BCUT2D eigenvalue weighted by Gasteiger charge is -2.41. The minimum absolute atomic E-state index is 0.349. The molecule has 3 aliphatic heterocycles. The van der Waals surface area contributed by atoms with Gasteiger partial charge in [-0.1, -0.05) is 30.4 Å². The number of aromatic nitrogens is 2. The van der Waals surface area contributed by atoms with Crippen molar-refractivity contribution in [3.8, 4) is 28.1 Å². The molecule has 10 heteroatoms. The maximum Gasteiger partial charge on any atom is 0.337 e. The molecule has 3 N–H and O–H groups in total. The van der Waals surface area contributed by atoms with Crippen molar-refractivity contribution in [2.75, 3.05) is 24.6 Å². The standard InChI is InChI=1S/C37H43FN4O5/c1-23-19-31-40-28-22-42(31)34(32(23)33(35(43)44)47-36(2,3)4)41-16-14-37(5,15-17-41)45-18-7-6-11-30(39)46-29-21-26(38)12-13-27(29)24-9-8-10-25(28)20-24/h6-10,12-13,19-22,30,33H,11,14-18,39H2,1-5H3,(H,43,44). The SMILES string of the molecule is Cc1cc2nc3cn2c(c1C(OC(C)(C)C)C(=O)O)N1CCC(C)(CC1)OCC=CCC(N)Oc1cc(F)ccc1-c1cccc-3c1. The van der Waals surface area contributed by atoms with E-state index >= 15 is 0 Å². The van der Waals surface area contributed by atoms with E-state index in [2.05, 4.69) is 11.8 Å². The topological polar surface area (TPSA) is 112 Å². The van der Waals surface area contributed by atoms with E-state index in [0.717, 1.165) is 35.3 Å². The van der Waals surface area contributed by atoms with Crippen LogP contribution in [0.2, 0.25) is 0 Å². The Kier molecular flexibility index (Phi) is 8.86. The van der Waals surface area contributed by atoms with Crippen molar-refractivity contribution >= 4 is 17.4 Å². The molecule has 4 aromatic rings. The van der Waals surface area contributed by atoms with Gasteiger partial charge in [0.25, 0.3) is 0 Å². The van der Waals surface area contributed by atoms with Gasteiger partial charge in [-0.3, -0.25) is 10.1 Å². The van der Waals surface area contributed by atoms with Crippen molar-refractivity contribution in [2.45, 2.75) is 77.4 Å². The van der Waals surface area contributed by atoms with Gasteiger partial charge in [0.15, 0.2) is 12.3 Å². The quantitative estimate of drug-likeness (QED) is 0.229. The highest BCUT2D eigenvalue weighted by Crippen LogP contribution is 2.40. The zero-order chi connectivity index (χ0) is 33.5. The average Bonchev–Trinajstić information content (AvgIpc) is 3.43. The van der Waals surface area contributed by atoms with Crippen LogP contribution >= 0.6 is 0 Å². The van der Waals surface area contributed by atoms with Gasteiger partial charge in [-0.25, -0.2) is 14.2 Å². The Morgan fingerprint density at radius 1 is 1.13 bits per heavy atom. The number of halogens is 1. The number of nitrogens with two attached hydrogens (primary N) is 1. The molecule has 9 nitrogen and oxygen atoms in total. The van der Waals surface area contributed by atoms with Crippen molar-refractivity contribution in [3.63, 3.8) is 0 Å². The van der Waals surface area contributed by atoms with Crippen LogP contribution < -0.4 is 15.4 Å². The number of carbonyl (C=O) groups is 1. The number of fused-ring (bicyclic) bond motifs is 7. The van der Waals surface area contributed by atoms with E-state index < -0.39 is 29.7 Å². The summed E-state index contributed by atoms with van der Waals surface area (Å²) in [4.78, 5) is 20.1. The molecule has 3 aliphatic rings. The second kappa shape index (κ2) is 12.7. The Labute approximate surface area is 274 Å². The Morgan fingerprint density at radius 2 is 1.87 bits per heavy atom. The molecule has 248 valence electrons. The van der Waals surface area contributed by atoms with E-state index in [-0.39, 0.29) is 5.60 Å². The average molecular weight is 643 g/mol. The molecule has 5 heterocycles. The van der Waals surface area contributed by atoms with Gasteiger partial charge >= 0.3 is 5.97 Å². The Balaban J connectivity index is 1.54. The molecule has 6 bridgehead atoms. The minimum Gasteiger partial charge on any atom is -0.479 e. The number of aliphatic carboxylic acids is 1. The summed E-state index contributed by atoms with van der Waals surface area (Å²) >= 11 is 0. The second-order valence-corrected chi connectivity index (χ2v) is 13.7. The Hall–Kier alpha value is -4.25. The fourth-order valence-electron chi connectivity index (χ4n) is 6.39. The van der Waals surface area contributed by atoms with E-state index in [0.29, 0.717) is 54.3 Å². The first-order valence-electron chi connectivity index (χ1n) is 16.1. The van der Waals surface area contributed by atoms with Gasteiger partial charge in [-0.15, -0.1) is 0 Å². The van der Waals surface area contributed by atoms with Crippen LogP contribution in [0.3, 0.4) is 0 Å². The van der Waals surface area contributed by atoms with Crippen molar-refractivity contribution in [1.82, 2.24) is 9.38 Å². The van der Waals surface area contributed by atoms with Crippen LogP contribution in [0.1, 0.15) is 64.2 Å². The number of hydrogen-bond donors (Lipinski definition) is 2. The Morgan fingerprint density at radius 3 is 2.60 bits per heavy atom. The van der Waals surface area contributed by atoms with Gasteiger partial charge in [0.1, 0.15) is 23.0 Å². The van der Waals surface area contributed by atoms with Gasteiger partial charge in [0, 0.05) is 48.5 Å². The first-order chi connectivity index (χ1) is 22.3. The lowest BCUT2D eigenvalue weighted by molar-refractivity contribution is -0.160. The summed E-state index contributed by atoms with van der Waals surface area (Å²) in [6, 6.07) is 14.2. The number of benzene rings is 2. The molecule has 0 saturated carbocycles. The molecule has 1 saturated heterocycles. The number of imidazole rings is 1. The number of hydrogen-bond acceptors (Lipinski definition) is 7. The summed E-state index contributed by atoms with van der Waals surface area (Å²) in [6.07, 6.45) is 5.85. The number of carboxylic acid groups (broad SMARTS) is 1. The lowest BCUT2D eigenvalue weighted by Crippen LogP contribution is -2.45. The molecular weight excluding hydrogens is 599 g/mol. The van der Waals surface area contributed by atoms with Gasteiger partial charge < -0.3 is 24.2 Å². The van der Waals surface area contributed by atoms with E-state index in [9.17, 15) is 14.3 Å². The maximum absolute atomic E-state index is 14.4. The fourth-order valence-corrected chi connectivity index (χ4v) is 6.39. The van der Waals surface area contributed by atoms with Crippen molar-refractivity contribution in [1.29, 1.82) is 0 Å². The molecule has 7 rings (SSSR count). The fraction of sp³-hybridized carbons (Fsp3) is 0.405. The van der Waals surface area contributed by atoms with Gasteiger partial charge in [0.2, 0.25) is 0 Å². The number of pyridine rings is 1. The number of rotatable bonds is 3. The van der Waals surface area contributed by atoms with Crippen LogP contribution in [0.4, 0.5) is 10.2 Å². The zero-order valence-electron chi connectivity index (χ0n) is 27.6. The van der Waals surface area contributed by atoms with Gasteiger partial charge in [0.05, 0.1) is 23.5 Å². The lowest BCUT2D eigenvalue weighted by atomic mass is 9.92. The third-order valence-corrected chi connectivity index (χ3v) is 8.81. The molecular formula is C37H43FN4O5. The third-order valence-electron chi connectivity index (χ3n) is 8.81. The minimum atomic E-state index is -1.19. The molecule has 47 heavy (non-hydrogen) atoms. The number of nitrogens with zero attached hydrogens (tertiary/aromatic N) is 3. The van der Waals surface area contributed by atoms with Crippen LogP contribution in [0.25, 0.3) is 28.0 Å². The number of piperidine rings is 1. The van der Waals surface area contributed by atoms with Gasteiger partial charge in [-0.2, -0.15) is 0 Å². The summed E-state index contributed by atoms with van der Waals surface area (Å²) in [6.45, 7) is 11.3. The number of ether oxygens (including phenoxy) is 3. The van der Waals surface area contributed by atoms with E-state index in [4.69, 9.17) is 24.9 Å². The number of aryl methyl sites for hydroxylation is 1. The van der Waals surface area contributed by atoms with Crippen LogP contribution in [-0.4, -0.2) is 57.6 Å². The van der Waals surface area contributed by atoms with Crippen molar-refractivity contribution in [2.24, 2.45) is 5.73 Å². The van der Waals surface area contributed by atoms with Crippen LogP contribution in [0.15, 0.2) is 66.9 Å². The Bertz CT molecular complexity index is 1820. The van der Waals surface area contributed by atoms with Crippen molar-refractivity contribution < 1.29 is 28.5 Å². The highest BCUT2D eigenvalue weighted by molar-refractivity contribution is 5.80. The summed E-state index contributed by atoms with van der Waals surface area (Å²) in [5, 5.41) is 10.5. The predicted molar refractivity (Wildman–Crippen MR) is 180 cm³/mol. The predicted octanol–water partition coefficient (Wildman–Crippen LogP) is 7.06. The number of anilines is 1. The molecule has 0 amide bonds. The van der Waals surface area contributed by atoms with Crippen LogP contribution in [-0.2, 0) is 14.3 Å². The molecule has 2 aromatic carbocycles. The second-order valence-electron chi connectivity index (χ2n) is 13.7. The largest absolute Gasteiger partial charge is 0.479 e. The summed E-state index contributed by atoms with van der Waals surface area (Å²) in [5.74, 6) is -0.362. The van der Waals surface area contributed by atoms with Crippen LogP contribution in [0, 0.1) is 12.7 Å². The first-order valence-corrected chi connectivity index (χ1v) is 16.1. The molecule has 2 unspecified atom stereocenters. The third kappa shape index (κ3) is 7.05. The molecule has 0 spiro atoms.